The molecule has 0 saturated carbocycles. The second kappa shape index (κ2) is 7.38. The van der Waals surface area contributed by atoms with E-state index in [9.17, 15) is 9.59 Å². The van der Waals surface area contributed by atoms with Crippen LogP contribution in [0.15, 0.2) is 53.3 Å². The van der Waals surface area contributed by atoms with Crippen LogP contribution >= 0.6 is 0 Å². The highest BCUT2D eigenvalue weighted by atomic mass is 16.5. The Hall–Kier alpha value is -3.68. The number of anilines is 1. The van der Waals surface area contributed by atoms with Crippen molar-refractivity contribution in [3.8, 4) is 5.75 Å². The number of amides is 1. The van der Waals surface area contributed by atoms with Gasteiger partial charge in [0.2, 0.25) is 11.6 Å². The van der Waals surface area contributed by atoms with E-state index >= 15 is 0 Å². The fourth-order valence-electron chi connectivity index (χ4n) is 3.36. The molecule has 0 radical (unpaired) electrons. The van der Waals surface area contributed by atoms with Crippen molar-refractivity contribution in [2.24, 2.45) is 0 Å². The first-order chi connectivity index (χ1) is 14.0. The Bertz CT molecular complexity index is 1270. The maximum absolute atomic E-state index is 13.1. The molecule has 0 fully saturated rings. The van der Waals surface area contributed by atoms with Gasteiger partial charge in [-0.2, -0.15) is 0 Å². The molecule has 4 aromatic rings. The number of aromatic nitrogens is 4. The van der Waals surface area contributed by atoms with Gasteiger partial charge in [-0.25, -0.2) is 0 Å². The molecule has 8 nitrogen and oxygen atoms in total. The lowest BCUT2D eigenvalue weighted by atomic mass is 10.2. The minimum absolute atomic E-state index is 0.0972. The number of fused-ring (bicyclic) bond motifs is 3. The molecule has 0 bridgehead atoms. The number of rotatable bonds is 5. The van der Waals surface area contributed by atoms with Crippen LogP contribution in [0.25, 0.3) is 16.7 Å². The predicted octanol–water partition coefficient (Wildman–Crippen LogP) is 2.81. The Morgan fingerprint density at radius 1 is 1.10 bits per heavy atom. The van der Waals surface area contributed by atoms with Gasteiger partial charge in [-0.15, -0.1) is 10.2 Å². The van der Waals surface area contributed by atoms with Crippen molar-refractivity contribution in [2.75, 3.05) is 12.4 Å². The fourth-order valence-corrected chi connectivity index (χ4v) is 3.36. The molecule has 1 amide bonds. The lowest BCUT2D eigenvalue weighted by Crippen LogP contribution is -2.29. The van der Waals surface area contributed by atoms with Crippen LogP contribution in [0.5, 0.6) is 5.75 Å². The average Bonchev–Trinajstić information content (AvgIpc) is 3.17. The summed E-state index contributed by atoms with van der Waals surface area (Å²) < 4.78 is 8.38. The standard InChI is InChI=1S/C21H21N5O3/c1-13(2)19-23-24-20-21(28)25(16-9-4-5-10-17(16)26(19)20)12-18(27)22-14-7-6-8-15(11-14)29-3/h4-11,13H,12H2,1-3H3,(H,22,27). The van der Waals surface area contributed by atoms with Crippen LogP contribution in [0.2, 0.25) is 0 Å². The molecule has 0 aliphatic carbocycles. The van der Waals surface area contributed by atoms with E-state index in [-0.39, 0.29) is 29.6 Å². The molecule has 2 aromatic carbocycles. The molecule has 1 N–H and O–H groups in total. The van der Waals surface area contributed by atoms with E-state index in [0.29, 0.717) is 22.8 Å². The first-order valence-corrected chi connectivity index (χ1v) is 9.30. The maximum atomic E-state index is 13.1. The van der Waals surface area contributed by atoms with Gasteiger partial charge in [-0.1, -0.05) is 32.0 Å². The van der Waals surface area contributed by atoms with Gasteiger partial charge in [0.15, 0.2) is 0 Å². The van der Waals surface area contributed by atoms with Crippen molar-refractivity contribution >= 4 is 28.3 Å². The van der Waals surface area contributed by atoms with Crippen LogP contribution in [-0.4, -0.2) is 32.2 Å². The van der Waals surface area contributed by atoms with E-state index < -0.39 is 0 Å². The number of benzene rings is 2. The van der Waals surface area contributed by atoms with Crippen molar-refractivity contribution in [3.05, 3.63) is 64.7 Å². The van der Waals surface area contributed by atoms with Gasteiger partial charge >= 0.3 is 0 Å². The Morgan fingerprint density at radius 3 is 2.59 bits per heavy atom. The van der Waals surface area contributed by atoms with Crippen molar-refractivity contribution in [2.45, 2.75) is 26.3 Å². The molecule has 8 heteroatoms. The summed E-state index contributed by atoms with van der Waals surface area (Å²) >= 11 is 0. The molecular formula is C21H21N5O3. The molecule has 0 atom stereocenters. The third kappa shape index (κ3) is 3.33. The van der Waals surface area contributed by atoms with Crippen LogP contribution in [0.3, 0.4) is 0 Å². The number of carbonyl (C=O) groups excluding carboxylic acids is 1. The number of carbonyl (C=O) groups is 1. The Kier molecular flexibility index (Phi) is 4.75. The first kappa shape index (κ1) is 18.7. The number of hydrogen-bond acceptors (Lipinski definition) is 5. The van der Waals surface area contributed by atoms with Crippen molar-refractivity contribution in [3.63, 3.8) is 0 Å². The van der Waals surface area contributed by atoms with Gasteiger partial charge in [0.05, 0.1) is 18.1 Å². The van der Waals surface area contributed by atoms with Gasteiger partial charge in [-0.3, -0.25) is 18.6 Å². The van der Waals surface area contributed by atoms with Crippen LogP contribution in [0.1, 0.15) is 25.6 Å². The zero-order valence-electron chi connectivity index (χ0n) is 16.4. The van der Waals surface area contributed by atoms with E-state index in [2.05, 4.69) is 15.5 Å². The molecule has 2 heterocycles. The molecule has 0 aliphatic rings. The van der Waals surface area contributed by atoms with E-state index in [0.717, 1.165) is 5.52 Å². The normalized spacial score (nSPS) is 11.3. The average molecular weight is 391 g/mol. The van der Waals surface area contributed by atoms with Gasteiger partial charge in [0.25, 0.3) is 5.56 Å². The van der Waals surface area contributed by atoms with E-state index in [4.69, 9.17) is 4.74 Å². The molecule has 0 unspecified atom stereocenters. The highest BCUT2D eigenvalue weighted by Gasteiger charge is 2.19. The minimum Gasteiger partial charge on any atom is -0.497 e. The Balaban J connectivity index is 1.78. The van der Waals surface area contributed by atoms with E-state index in [1.165, 1.54) is 4.57 Å². The van der Waals surface area contributed by atoms with Gasteiger partial charge in [0.1, 0.15) is 18.1 Å². The minimum atomic E-state index is -0.358. The molecule has 2 aromatic heterocycles. The van der Waals surface area contributed by atoms with Crippen molar-refractivity contribution < 1.29 is 9.53 Å². The van der Waals surface area contributed by atoms with Crippen LogP contribution in [0.4, 0.5) is 5.69 Å². The summed E-state index contributed by atoms with van der Waals surface area (Å²) in [4.78, 5) is 25.8. The largest absolute Gasteiger partial charge is 0.497 e. The summed E-state index contributed by atoms with van der Waals surface area (Å²) in [5.41, 5.74) is 1.88. The number of ether oxygens (including phenoxy) is 1. The summed E-state index contributed by atoms with van der Waals surface area (Å²) in [6, 6.07) is 14.5. The van der Waals surface area contributed by atoms with Crippen LogP contribution in [0, 0.1) is 0 Å². The third-order valence-corrected chi connectivity index (χ3v) is 4.71. The number of hydrogen-bond donors (Lipinski definition) is 1. The predicted molar refractivity (Wildman–Crippen MR) is 110 cm³/mol. The number of para-hydroxylation sites is 2. The van der Waals surface area contributed by atoms with Crippen molar-refractivity contribution in [1.29, 1.82) is 0 Å². The molecular weight excluding hydrogens is 370 g/mol. The summed E-state index contributed by atoms with van der Waals surface area (Å²) in [6.45, 7) is 3.85. The zero-order valence-corrected chi connectivity index (χ0v) is 16.4. The van der Waals surface area contributed by atoms with Gasteiger partial charge in [0, 0.05) is 17.7 Å². The SMILES string of the molecule is COc1cccc(NC(=O)Cn2c(=O)c3nnc(C(C)C)n3c3ccccc32)c1. The lowest BCUT2D eigenvalue weighted by molar-refractivity contribution is -0.116. The zero-order chi connectivity index (χ0) is 20.5. The summed E-state index contributed by atoms with van der Waals surface area (Å²) in [5, 5.41) is 11.1. The molecule has 0 saturated heterocycles. The second-order valence-corrected chi connectivity index (χ2v) is 7.03. The maximum Gasteiger partial charge on any atom is 0.297 e. The lowest BCUT2D eigenvalue weighted by Gasteiger charge is -2.13. The molecule has 0 aliphatic heterocycles. The van der Waals surface area contributed by atoms with E-state index in [1.807, 2.05) is 38.1 Å². The summed E-state index contributed by atoms with van der Waals surface area (Å²) in [5.74, 6) is 1.12. The highest BCUT2D eigenvalue weighted by molar-refractivity contribution is 5.92. The topological polar surface area (TPSA) is 90.5 Å². The number of nitrogens with one attached hydrogen (secondary N) is 1. The van der Waals surface area contributed by atoms with Gasteiger partial charge in [-0.05, 0) is 24.3 Å². The first-order valence-electron chi connectivity index (χ1n) is 9.30. The number of nitrogens with zero attached hydrogens (tertiary/aromatic N) is 4. The van der Waals surface area contributed by atoms with Gasteiger partial charge < -0.3 is 10.1 Å². The summed E-state index contributed by atoms with van der Waals surface area (Å²) in [7, 11) is 1.56. The van der Waals surface area contributed by atoms with Crippen LogP contribution in [-0.2, 0) is 11.3 Å². The molecule has 0 spiro atoms. The fraction of sp³-hybridized carbons (Fsp3) is 0.238. The Morgan fingerprint density at radius 2 is 1.86 bits per heavy atom. The molecule has 4 rings (SSSR count). The van der Waals surface area contributed by atoms with E-state index in [1.54, 1.807) is 35.8 Å². The third-order valence-electron chi connectivity index (χ3n) is 4.71. The monoisotopic (exact) mass is 391 g/mol. The second-order valence-electron chi connectivity index (χ2n) is 7.03. The van der Waals surface area contributed by atoms with Crippen molar-refractivity contribution in [1.82, 2.24) is 19.2 Å². The molecule has 148 valence electrons. The number of methoxy groups -OCH3 is 1. The summed E-state index contributed by atoms with van der Waals surface area (Å²) in [6.07, 6.45) is 0. The Labute approximate surface area is 166 Å². The highest BCUT2D eigenvalue weighted by Crippen LogP contribution is 2.20. The quantitative estimate of drug-likeness (QED) is 0.565. The van der Waals surface area contributed by atoms with Crippen LogP contribution < -0.4 is 15.6 Å². The smallest absolute Gasteiger partial charge is 0.297 e. The molecule has 29 heavy (non-hydrogen) atoms.